The third-order valence-electron chi connectivity index (χ3n) is 1.29. The molecule has 1 rings (SSSR count). The van der Waals surface area contributed by atoms with E-state index in [2.05, 4.69) is 5.32 Å². The second-order valence-corrected chi connectivity index (χ2v) is 3.54. The summed E-state index contributed by atoms with van der Waals surface area (Å²) in [6.07, 6.45) is 0. The van der Waals surface area contributed by atoms with Crippen molar-refractivity contribution in [3.05, 3.63) is 21.9 Å². The van der Waals surface area contributed by atoms with Crippen LogP contribution >= 0.6 is 11.3 Å². The number of carbonyl (C=O) groups excluding carboxylic acids is 1. The maximum Gasteiger partial charge on any atom is 0.262 e. The first kappa shape index (κ1) is 8.75. The van der Waals surface area contributed by atoms with Crippen LogP contribution in [0, 0.1) is 18.3 Å². The zero-order valence-corrected chi connectivity index (χ0v) is 7.44. The molecule has 0 bridgehead atoms. The number of hydrogen-bond acceptors (Lipinski definition) is 3. The van der Waals surface area contributed by atoms with Gasteiger partial charge in [-0.2, -0.15) is 5.26 Å². The number of carbonyl (C=O) groups is 1. The minimum Gasteiger partial charge on any atom is -0.338 e. The third-order valence-corrected chi connectivity index (χ3v) is 2.29. The summed E-state index contributed by atoms with van der Waals surface area (Å²) in [7, 11) is 0. The molecule has 1 heterocycles. The molecule has 1 aromatic rings. The van der Waals surface area contributed by atoms with Gasteiger partial charge in [0.15, 0.2) is 0 Å². The number of nitriles is 1. The van der Waals surface area contributed by atoms with Gasteiger partial charge in [-0.3, -0.25) is 4.79 Å². The predicted octanol–water partition coefficient (Wildman–Crippen LogP) is 1.31. The minimum atomic E-state index is -0.172. The summed E-state index contributed by atoms with van der Waals surface area (Å²) < 4.78 is 0. The van der Waals surface area contributed by atoms with Gasteiger partial charge in [-0.05, 0) is 19.1 Å². The Morgan fingerprint density at radius 1 is 1.75 bits per heavy atom. The highest BCUT2D eigenvalue weighted by atomic mass is 32.1. The van der Waals surface area contributed by atoms with Crippen molar-refractivity contribution >= 4 is 17.2 Å². The Kier molecular flexibility index (Phi) is 2.83. The Balaban J connectivity index is 2.61. The lowest BCUT2D eigenvalue weighted by atomic mass is 10.4. The summed E-state index contributed by atoms with van der Waals surface area (Å²) >= 11 is 1.42. The van der Waals surface area contributed by atoms with E-state index in [0.29, 0.717) is 4.88 Å². The monoisotopic (exact) mass is 180 g/mol. The fraction of sp³-hybridized carbons (Fsp3) is 0.250. The van der Waals surface area contributed by atoms with Crippen molar-refractivity contribution in [3.63, 3.8) is 0 Å². The van der Waals surface area contributed by atoms with Gasteiger partial charge < -0.3 is 5.32 Å². The largest absolute Gasteiger partial charge is 0.338 e. The van der Waals surface area contributed by atoms with Gasteiger partial charge in [0.05, 0.1) is 10.9 Å². The van der Waals surface area contributed by atoms with Crippen LogP contribution in [0.4, 0.5) is 0 Å². The number of nitrogens with one attached hydrogen (secondary N) is 1. The maximum absolute atomic E-state index is 11.2. The van der Waals surface area contributed by atoms with Crippen molar-refractivity contribution < 1.29 is 4.79 Å². The summed E-state index contributed by atoms with van der Waals surface area (Å²) in [6, 6.07) is 5.49. The van der Waals surface area contributed by atoms with Crippen molar-refractivity contribution in [2.45, 2.75) is 6.92 Å². The van der Waals surface area contributed by atoms with E-state index in [1.54, 1.807) is 6.07 Å². The average molecular weight is 180 g/mol. The molecule has 1 aromatic heterocycles. The van der Waals surface area contributed by atoms with E-state index in [4.69, 9.17) is 5.26 Å². The summed E-state index contributed by atoms with van der Waals surface area (Å²) in [5, 5.41) is 10.7. The Morgan fingerprint density at radius 3 is 3.00 bits per heavy atom. The van der Waals surface area contributed by atoms with Crippen LogP contribution in [0.25, 0.3) is 0 Å². The molecule has 4 heteroatoms. The molecule has 1 amide bonds. The predicted molar refractivity (Wildman–Crippen MR) is 47.0 cm³/mol. The number of hydrogen-bond donors (Lipinski definition) is 1. The van der Waals surface area contributed by atoms with E-state index >= 15 is 0 Å². The van der Waals surface area contributed by atoms with Crippen LogP contribution in [0.2, 0.25) is 0 Å². The van der Waals surface area contributed by atoms with E-state index in [9.17, 15) is 4.79 Å². The Labute approximate surface area is 74.6 Å². The molecule has 0 atom stereocenters. The van der Waals surface area contributed by atoms with E-state index < -0.39 is 0 Å². The van der Waals surface area contributed by atoms with Gasteiger partial charge in [-0.1, -0.05) is 0 Å². The first-order valence-electron chi connectivity index (χ1n) is 3.45. The van der Waals surface area contributed by atoms with Crippen LogP contribution in [0.1, 0.15) is 14.5 Å². The van der Waals surface area contributed by atoms with Gasteiger partial charge in [-0.25, -0.2) is 0 Å². The van der Waals surface area contributed by atoms with Gasteiger partial charge in [0.1, 0.15) is 6.54 Å². The van der Waals surface area contributed by atoms with Crippen molar-refractivity contribution in [1.82, 2.24) is 5.32 Å². The second kappa shape index (κ2) is 3.88. The third kappa shape index (κ3) is 2.07. The Hall–Kier alpha value is -1.34. The number of rotatable bonds is 2. The Morgan fingerprint density at radius 2 is 2.50 bits per heavy atom. The second-order valence-electron chi connectivity index (χ2n) is 2.25. The molecule has 3 nitrogen and oxygen atoms in total. The lowest BCUT2D eigenvalue weighted by molar-refractivity contribution is 0.0962. The molecule has 0 aliphatic carbocycles. The average Bonchev–Trinajstić information content (AvgIpc) is 2.47. The topological polar surface area (TPSA) is 52.9 Å². The minimum absolute atomic E-state index is 0.0653. The lowest BCUT2D eigenvalue weighted by Gasteiger charge is -1.94. The van der Waals surface area contributed by atoms with E-state index in [0.717, 1.165) is 4.88 Å². The zero-order valence-electron chi connectivity index (χ0n) is 6.63. The highest BCUT2D eigenvalue weighted by molar-refractivity contribution is 7.13. The molecule has 12 heavy (non-hydrogen) atoms. The molecular weight excluding hydrogens is 172 g/mol. The van der Waals surface area contributed by atoms with E-state index in [-0.39, 0.29) is 12.5 Å². The van der Waals surface area contributed by atoms with Gasteiger partial charge in [0.2, 0.25) is 0 Å². The number of amides is 1. The van der Waals surface area contributed by atoms with Crippen LogP contribution in [0.15, 0.2) is 12.1 Å². The molecule has 0 unspecified atom stereocenters. The molecule has 62 valence electrons. The van der Waals surface area contributed by atoms with Crippen molar-refractivity contribution in [3.8, 4) is 6.07 Å². The quantitative estimate of drug-likeness (QED) is 0.697. The highest BCUT2D eigenvalue weighted by Crippen LogP contribution is 2.14. The van der Waals surface area contributed by atoms with Gasteiger partial charge in [0, 0.05) is 4.88 Å². The van der Waals surface area contributed by atoms with Gasteiger partial charge >= 0.3 is 0 Å². The summed E-state index contributed by atoms with van der Waals surface area (Å²) in [5.74, 6) is -0.172. The standard InChI is InChI=1S/C8H8N2OS/c1-6-2-3-7(12-6)8(11)10-5-4-9/h2-3H,5H2,1H3,(H,10,11). The van der Waals surface area contributed by atoms with Crippen molar-refractivity contribution in [1.29, 1.82) is 5.26 Å². The van der Waals surface area contributed by atoms with Gasteiger partial charge in [0.25, 0.3) is 5.91 Å². The first-order chi connectivity index (χ1) is 5.74. The summed E-state index contributed by atoms with van der Waals surface area (Å²) in [6.45, 7) is 2.00. The summed E-state index contributed by atoms with van der Waals surface area (Å²) in [4.78, 5) is 12.9. The molecule has 0 aromatic carbocycles. The number of thiophene rings is 1. The van der Waals surface area contributed by atoms with Crippen molar-refractivity contribution in [2.24, 2.45) is 0 Å². The fourth-order valence-corrected chi connectivity index (χ4v) is 1.55. The molecule has 0 saturated carbocycles. The molecule has 0 saturated heterocycles. The number of nitrogens with zero attached hydrogens (tertiary/aromatic N) is 1. The smallest absolute Gasteiger partial charge is 0.262 e. The summed E-state index contributed by atoms with van der Waals surface area (Å²) in [5.41, 5.74) is 0. The van der Waals surface area contributed by atoms with Crippen LogP contribution in [-0.4, -0.2) is 12.5 Å². The maximum atomic E-state index is 11.2. The normalized spacial score (nSPS) is 9.00. The molecule has 0 radical (unpaired) electrons. The fourth-order valence-electron chi connectivity index (χ4n) is 0.763. The van der Waals surface area contributed by atoms with Gasteiger partial charge in [-0.15, -0.1) is 11.3 Å². The van der Waals surface area contributed by atoms with Crippen LogP contribution in [0.5, 0.6) is 0 Å². The van der Waals surface area contributed by atoms with Crippen LogP contribution in [-0.2, 0) is 0 Å². The highest BCUT2D eigenvalue weighted by Gasteiger charge is 2.05. The Bertz CT molecular complexity index is 324. The molecule has 0 fully saturated rings. The zero-order chi connectivity index (χ0) is 8.97. The first-order valence-corrected chi connectivity index (χ1v) is 4.27. The molecular formula is C8H8N2OS. The van der Waals surface area contributed by atoms with Crippen LogP contribution < -0.4 is 5.32 Å². The molecule has 0 aliphatic heterocycles. The molecule has 0 aliphatic rings. The van der Waals surface area contributed by atoms with E-state index in [1.807, 2.05) is 19.1 Å². The van der Waals surface area contributed by atoms with E-state index in [1.165, 1.54) is 11.3 Å². The number of aryl methyl sites for hydroxylation is 1. The molecule has 0 spiro atoms. The van der Waals surface area contributed by atoms with Crippen molar-refractivity contribution in [2.75, 3.05) is 6.54 Å². The molecule has 1 N–H and O–H groups in total. The van der Waals surface area contributed by atoms with Crippen LogP contribution in [0.3, 0.4) is 0 Å². The SMILES string of the molecule is Cc1ccc(C(=O)NCC#N)s1. The lowest BCUT2D eigenvalue weighted by Crippen LogP contribution is -2.22.